The Morgan fingerprint density at radius 2 is 1.97 bits per heavy atom. The number of nitrogens with one attached hydrogen (secondary N) is 2. The quantitative estimate of drug-likeness (QED) is 0.344. The van der Waals surface area contributed by atoms with E-state index in [0.717, 1.165) is 24.4 Å². The molecule has 1 aliphatic rings. The summed E-state index contributed by atoms with van der Waals surface area (Å²) < 4.78 is 1.62. The van der Waals surface area contributed by atoms with Gasteiger partial charge in [0.05, 0.1) is 4.92 Å². The van der Waals surface area contributed by atoms with Gasteiger partial charge in [-0.15, -0.1) is 0 Å². The minimum Gasteiger partial charge on any atom is -0.383 e. The predicted molar refractivity (Wildman–Crippen MR) is 111 cm³/mol. The number of carbonyl (C=O) groups excluding carboxylic acids is 1. The van der Waals surface area contributed by atoms with E-state index >= 15 is 0 Å². The van der Waals surface area contributed by atoms with Crippen LogP contribution in [0.4, 0.5) is 17.2 Å². The van der Waals surface area contributed by atoms with Crippen LogP contribution >= 0.6 is 0 Å². The molecule has 0 bridgehead atoms. The summed E-state index contributed by atoms with van der Waals surface area (Å²) in [6, 6.07) is 6.43. The second kappa shape index (κ2) is 8.31. The fraction of sp³-hybridized carbons (Fsp3) is 0.368. The number of benzene rings is 1. The molecule has 0 unspecified atom stereocenters. The number of likely N-dealkylation sites (tertiary alicyclic amines) is 1. The SMILES string of the molecule is Cc1cc(NCCNc2ccc([N+](=O)[O-])c(C(=O)N3CCCC3)c2)n2ncnc2n1. The Bertz CT molecular complexity index is 1090. The number of rotatable bonds is 7. The van der Waals surface area contributed by atoms with Gasteiger partial charge >= 0.3 is 0 Å². The smallest absolute Gasteiger partial charge is 0.282 e. The highest BCUT2D eigenvalue weighted by Crippen LogP contribution is 2.25. The van der Waals surface area contributed by atoms with Gasteiger partial charge in [0.1, 0.15) is 17.7 Å². The average Bonchev–Trinajstić information content (AvgIpc) is 3.42. The highest BCUT2D eigenvalue weighted by molar-refractivity contribution is 5.99. The third kappa shape index (κ3) is 4.00. The normalized spacial score (nSPS) is 13.6. The molecular weight excluding hydrogens is 388 g/mol. The number of aryl methyl sites for hydroxylation is 1. The Hall–Kier alpha value is -3.76. The summed E-state index contributed by atoms with van der Waals surface area (Å²) in [4.78, 5) is 33.6. The Morgan fingerprint density at radius 1 is 1.20 bits per heavy atom. The van der Waals surface area contributed by atoms with Crippen molar-refractivity contribution in [2.24, 2.45) is 0 Å². The maximum atomic E-state index is 12.7. The molecule has 1 amide bonds. The van der Waals surface area contributed by atoms with Crippen molar-refractivity contribution in [3.8, 4) is 0 Å². The number of nitrogens with zero attached hydrogens (tertiary/aromatic N) is 6. The van der Waals surface area contributed by atoms with Crippen LogP contribution in [0.2, 0.25) is 0 Å². The van der Waals surface area contributed by atoms with Crippen molar-refractivity contribution in [3.63, 3.8) is 0 Å². The van der Waals surface area contributed by atoms with Crippen molar-refractivity contribution in [1.82, 2.24) is 24.5 Å². The van der Waals surface area contributed by atoms with E-state index in [1.165, 1.54) is 12.4 Å². The molecule has 11 nitrogen and oxygen atoms in total. The molecule has 156 valence electrons. The van der Waals surface area contributed by atoms with Crippen LogP contribution in [0.3, 0.4) is 0 Å². The molecule has 0 radical (unpaired) electrons. The number of nitro groups is 1. The Balaban J connectivity index is 1.43. The zero-order valence-electron chi connectivity index (χ0n) is 16.5. The number of nitro benzene ring substituents is 1. The summed E-state index contributed by atoms with van der Waals surface area (Å²) in [7, 11) is 0. The fourth-order valence-electron chi connectivity index (χ4n) is 3.52. The molecule has 1 fully saturated rings. The molecule has 1 aliphatic heterocycles. The number of amides is 1. The lowest BCUT2D eigenvalue weighted by Gasteiger charge is -2.16. The Labute approximate surface area is 172 Å². The largest absolute Gasteiger partial charge is 0.383 e. The highest BCUT2D eigenvalue weighted by Gasteiger charge is 2.26. The lowest BCUT2D eigenvalue weighted by atomic mass is 10.1. The van der Waals surface area contributed by atoms with Gasteiger partial charge in [-0.05, 0) is 31.9 Å². The van der Waals surface area contributed by atoms with E-state index in [2.05, 4.69) is 25.7 Å². The minimum atomic E-state index is -0.510. The lowest BCUT2D eigenvalue weighted by Crippen LogP contribution is -2.28. The van der Waals surface area contributed by atoms with E-state index in [4.69, 9.17) is 0 Å². The van der Waals surface area contributed by atoms with E-state index in [1.807, 2.05) is 13.0 Å². The zero-order chi connectivity index (χ0) is 21.1. The third-order valence-corrected chi connectivity index (χ3v) is 4.96. The molecule has 0 aliphatic carbocycles. The molecule has 2 N–H and O–H groups in total. The second-order valence-electron chi connectivity index (χ2n) is 7.10. The van der Waals surface area contributed by atoms with E-state index in [-0.39, 0.29) is 17.2 Å². The van der Waals surface area contributed by atoms with Gasteiger partial charge in [0.2, 0.25) is 0 Å². The van der Waals surface area contributed by atoms with Crippen molar-refractivity contribution >= 4 is 28.9 Å². The van der Waals surface area contributed by atoms with E-state index in [9.17, 15) is 14.9 Å². The summed E-state index contributed by atoms with van der Waals surface area (Å²) in [6.45, 7) is 4.25. The summed E-state index contributed by atoms with van der Waals surface area (Å²) in [6.07, 6.45) is 3.30. The highest BCUT2D eigenvalue weighted by atomic mass is 16.6. The van der Waals surface area contributed by atoms with E-state index < -0.39 is 4.92 Å². The Morgan fingerprint density at radius 3 is 2.73 bits per heavy atom. The van der Waals surface area contributed by atoms with Crippen LogP contribution in [0.1, 0.15) is 28.9 Å². The first-order valence-corrected chi connectivity index (χ1v) is 9.76. The van der Waals surface area contributed by atoms with Gasteiger partial charge in [-0.1, -0.05) is 0 Å². The van der Waals surface area contributed by atoms with Crippen molar-refractivity contribution in [2.75, 3.05) is 36.8 Å². The van der Waals surface area contributed by atoms with Crippen LogP contribution < -0.4 is 10.6 Å². The Kier molecular flexibility index (Phi) is 5.42. The van der Waals surface area contributed by atoms with Crippen LogP contribution in [0.25, 0.3) is 5.78 Å². The van der Waals surface area contributed by atoms with Crippen LogP contribution in [-0.2, 0) is 0 Å². The number of fused-ring (bicyclic) bond motifs is 1. The van der Waals surface area contributed by atoms with Gasteiger partial charge < -0.3 is 15.5 Å². The first-order chi connectivity index (χ1) is 14.5. The molecule has 11 heteroatoms. The number of anilines is 2. The second-order valence-corrected chi connectivity index (χ2v) is 7.10. The number of hydrogen-bond donors (Lipinski definition) is 2. The lowest BCUT2D eigenvalue weighted by molar-refractivity contribution is -0.385. The van der Waals surface area contributed by atoms with Gasteiger partial charge in [0, 0.05) is 49.7 Å². The monoisotopic (exact) mass is 410 g/mol. The molecule has 3 heterocycles. The predicted octanol–water partition coefficient (Wildman–Crippen LogP) is 2.10. The molecule has 0 atom stereocenters. The van der Waals surface area contributed by atoms with Gasteiger partial charge in [0.15, 0.2) is 0 Å². The maximum Gasteiger partial charge on any atom is 0.282 e. The maximum absolute atomic E-state index is 12.7. The molecule has 1 saturated heterocycles. The standard InChI is InChI=1S/C19H22N8O3/c1-13-10-17(26-19(24-13)22-12-23-26)21-7-6-20-14-4-5-16(27(29)30)15(11-14)18(28)25-8-2-3-9-25/h4-5,10-12,20-21H,2-3,6-9H2,1H3. The summed E-state index contributed by atoms with van der Waals surface area (Å²) in [5.74, 6) is 0.998. The molecule has 0 spiro atoms. The fourth-order valence-corrected chi connectivity index (χ4v) is 3.52. The first-order valence-electron chi connectivity index (χ1n) is 9.76. The molecular formula is C19H22N8O3. The summed E-state index contributed by atoms with van der Waals surface area (Å²) in [5.41, 5.74) is 1.43. The van der Waals surface area contributed by atoms with Crippen LogP contribution in [-0.4, -0.2) is 61.5 Å². The van der Waals surface area contributed by atoms with Crippen LogP contribution in [0.5, 0.6) is 0 Å². The number of hydrogen-bond acceptors (Lipinski definition) is 8. The minimum absolute atomic E-state index is 0.119. The van der Waals surface area contributed by atoms with Gasteiger partial charge in [-0.3, -0.25) is 14.9 Å². The van der Waals surface area contributed by atoms with E-state index in [0.29, 0.717) is 37.6 Å². The van der Waals surface area contributed by atoms with Crippen molar-refractivity contribution < 1.29 is 9.72 Å². The molecule has 0 saturated carbocycles. The summed E-state index contributed by atoms with van der Waals surface area (Å²) >= 11 is 0. The first kappa shape index (κ1) is 19.6. The van der Waals surface area contributed by atoms with Crippen LogP contribution in [0.15, 0.2) is 30.6 Å². The van der Waals surface area contributed by atoms with Gasteiger partial charge in [-0.25, -0.2) is 4.98 Å². The van der Waals surface area contributed by atoms with Gasteiger partial charge in [-0.2, -0.15) is 14.6 Å². The molecule has 2 aromatic heterocycles. The third-order valence-electron chi connectivity index (χ3n) is 4.96. The number of carbonyl (C=O) groups is 1. The molecule has 1 aromatic carbocycles. The van der Waals surface area contributed by atoms with Crippen molar-refractivity contribution in [2.45, 2.75) is 19.8 Å². The summed E-state index contributed by atoms with van der Waals surface area (Å²) in [5, 5.41) is 22.0. The van der Waals surface area contributed by atoms with E-state index in [1.54, 1.807) is 21.5 Å². The van der Waals surface area contributed by atoms with Crippen molar-refractivity contribution in [3.05, 3.63) is 52.0 Å². The van der Waals surface area contributed by atoms with Crippen molar-refractivity contribution in [1.29, 1.82) is 0 Å². The number of aromatic nitrogens is 4. The average molecular weight is 410 g/mol. The molecule has 4 rings (SSSR count). The van der Waals surface area contributed by atoms with Gasteiger partial charge in [0.25, 0.3) is 17.4 Å². The molecule has 30 heavy (non-hydrogen) atoms. The zero-order valence-corrected chi connectivity index (χ0v) is 16.5. The van der Waals surface area contributed by atoms with Crippen LogP contribution in [0, 0.1) is 17.0 Å². The molecule has 3 aromatic rings. The topological polar surface area (TPSA) is 131 Å².